The third kappa shape index (κ3) is 4.43. The number of hydrogen-bond donors (Lipinski definition) is 2. The van der Waals surface area contributed by atoms with Gasteiger partial charge in [0.15, 0.2) is 17.1 Å². The monoisotopic (exact) mass is 390 g/mol. The van der Waals surface area contributed by atoms with Crippen LogP contribution in [0.5, 0.6) is 11.5 Å². The van der Waals surface area contributed by atoms with Crippen LogP contribution >= 0.6 is 11.3 Å². The SMILES string of the molecule is COc1cccc(CN2CCC[C@](O)(CNCc3ccsc3)C2=O)c1OC. The number of nitrogens with zero attached hydrogens (tertiary/aromatic N) is 1. The summed E-state index contributed by atoms with van der Waals surface area (Å²) in [6.07, 6.45) is 1.23. The second-order valence-corrected chi connectivity index (χ2v) is 7.53. The quantitative estimate of drug-likeness (QED) is 0.724. The lowest BCUT2D eigenvalue weighted by molar-refractivity contribution is -0.157. The number of carbonyl (C=O) groups excluding carboxylic acids is 1. The number of ether oxygens (including phenoxy) is 2. The van der Waals surface area contributed by atoms with E-state index in [1.54, 1.807) is 30.5 Å². The van der Waals surface area contributed by atoms with Gasteiger partial charge in [-0.3, -0.25) is 4.79 Å². The molecule has 0 unspecified atom stereocenters. The van der Waals surface area contributed by atoms with E-state index in [0.29, 0.717) is 37.6 Å². The highest BCUT2D eigenvalue weighted by molar-refractivity contribution is 7.07. The summed E-state index contributed by atoms with van der Waals surface area (Å²) in [7, 11) is 3.18. The Labute approximate surface area is 163 Å². The Morgan fingerprint density at radius 2 is 2.15 bits per heavy atom. The highest BCUT2D eigenvalue weighted by atomic mass is 32.1. The maximum Gasteiger partial charge on any atom is 0.256 e. The number of aliphatic hydroxyl groups is 1. The van der Waals surface area contributed by atoms with Crippen molar-refractivity contribution in [2.24, 2.45) is 0 Å². The van der Waals surface area contributed by atoms with E-state index in [9.17, 15) is 9.90 Å². The van der Waals surface area contributed by atoms with E-state index < -0.39 is 5.60 Å². The minimum Gasteiger partial charge on any atom is -0.493 e. The molecule has 1 aromatic carbocycles. The van der Waals surface area contributed by atoms with Crippen LogP contribution < -0.4 is 14.8 Å². The summed E-state index contributed by atoms with van der Waals surface area (Å²) in [6.45, 7) is 1.88. The van der Waals surface area contributed by atoms with Gasteiger partial charge in [-0.15, -0.1) is 0 Å². The minimum atomic E-state index is -1.37. The van der Waals surface area contributed by atoms with Gasteiger partial charge in [0.05, 0.1) is 14.2 Å². The number of piperidine rings is 1. The number of nitrogens with one attached hydrogen (secondary N) is 1. The van der Waals surface area contributed by atoms with Crippen molar-refractivity contribution < 1.29 is 19.4 Å². The molecule has 1 aliphatic heterocycles. The van der Waals surface area contributed by atoms with E-state index in [0.717, 1.165) is 17.5 Å². The predicted octanol–water partition coefficient (Wildman–Crippen LogP) is 2.41. The Bertz CT molecular complexity index is 765. The van der Waals surface area contributed by atoms with Crippen molar-refractivity contribution in [1.82, 2.24) is 10.2 Å². The molecule has 0 spiro atoms. The fourth-order valence-corrected chi connectivity index (χ4v) is 4.14. The molecular formula is C20H26N2O4S. The lowest BCUT2D eigenvalue weighted by Gasteiger charge is -2.38. The number of amides is 1. The maximum atomic E-state index is 13.0. The zero-order valence-electron chi connectivity index (χ0n) is 15.7. The highest BCUT2D eigenvalue weighted by Gasteiger charge is 2.42. The van der Waals surface area contributed by atoms with Crippen LogP contribution in [0.25, 0.3) is 0 Å². The molecule has 3 rings (SSSR count). The van der Waals surface area contributed by atoms with Gasteiger partial charge in [0.25, 0.3) is 5.91 Å². The van der Waals surface area contributed by atoms with Crippen LogP contribution in [0.15, 0.2) is 35.0 Å². The smallest absolute Gasteiger partial charge is 0.256 e. The van der Waals surface area contributed by atoms with Crippen molar-refractivity contribution in [3.05, 3.63) is 46.2 Å². The molecule has 0 bridgehead atoms. The Morgan fingerprint density at radius 1 is 1.30 bits per heavy atom. The lowest BCUT2D eigenvalue weighted by Crippen LogP contribution is -2.57. The molecule has 27 heavy (non-hydrogen) atoms. The van der Waals surface area contributed by atoms with Crippen LogP contribution in [0.2, 0.25) is 0 Å². The zero-order chi connectivity index (χ0) is 19.3. The van der Waals surface area contributed by atoms with E-state index in [1.165, 1.54) is 0 Å². The molecule has 0 saturated carbocycles. The van der Waals surface area contributed by atoms with E-state index in [2.05, 4.69) is 10.7 Å². The topological polar surface area (TPSA) is 71.0 Å². The first-order valence-corrected chi connectivity index (χ1v) is 9.95. The number of rotatable bonds is 8. The molecule has 1 aromatic heterocycles. The van der Waals surface area contributed by atoms with Gasteiger partial charge in [-0.1, -0.05) is 12.1 Å². The summed E-state index contributed by atoms with van der Waals surface area (Å²) >= 11 is 1.63. The normalized spacial score (nSPS) is 20.0. The first kappa shape index (κ1) is 19.7. The molecule has 1 aliphatic rings. The first-order valence-electron chi connectivity index (χ1n) is 9.01. The van der Waals surface area contributed by atoms with Gasteiger partial charge in [-0.25, -0.2) is 0 Å². The zero-order valence-corrected chi connectivity index (χ0v) is 16.6. The van der Waals surface area contributed by atoms with Crippen molar-refractivity contribution in [1.29, 1.82) is 0 Å². The summed E-state index contributed by atoms with van der Waals surface area (Å²) in [4.78, 5) is 14.7. The van der Waals surface area contributed by atoms with Crippen molar-refractivity contribution in [3.8, 4) is 11.5 Å². The molecule has 2 heterocycles. The average Bonchev–Trinajstić information content (AvgIpc) is 3.19. The molecular weight excluding hydrogens is 364 g/mol. The second-order valence-electron chi connectivity index (χ2n) is 6.75. The number of hydrogen-bond acceptors (Lipinski definition) is 6. The molecule has 7 heteroatoms. The molecule has 1 atom stereocenters. The largest absolute Gasteiger partial charge is 0.493 e. The van der Waals surface area contributed by atoms with E-state index >= 15 is 0 Å². The number of likely N-dealkylation sites (tertiary alicyclic amines) is 1. The summed E-state index contributed by atoms with van der Waals surface area (Å²) in [6, 6.07) is 7.65. The van der Waals surface area contributed by atoms with Gasteiger partial charge in [0, 0.05) is 31.7 Å². The molecule has 1 fully saturated rings. The molecule has 146 valence electrons. The highest BCUT2D eigenvalue weighted by Crippen LogP contribution is 2.33. The molecule has 6 nitrogen and oxygen atoms in total. The summed E-state index contributed by atoms with van der Waals surface area (Å²) in [5.41, 5.74) is 0.644. The minimum absolute atomic E-state index is 0.239. The van der Waals surface area contributed by atoms with E-state index in [4.69, 9.17) is 9.47 Å². The van der Waals surface area contributed by atoms with Crippen LogP contribution in [0, 0.1) is 0 Å². The Kier molecular flexibility index (Phi) is 6.36. The first-order chi connectivity index (χ1) is 13.1. The van der Waals surface area contributed by atoms with Gasteiger partial charge < -0.3 is 24.8 Å². The lowest BCUT2D eigenvalue weighted by atomic mass is 9.91. The third-order valence-corrected chi connectivity index (χ3v) is 5.61. The fraction of sp³-hybridized carbons (Fsp3) is 0.450. The van der Waals surface area contributed by atoms with Crippen LogP contribution in [0.3, 0.4) is 0 Å². The number of thiophene rings is 1. The van der Waals surface area contributed by atoms with Crippen molar-refractivity contribution in [2.75, 3.05) is 27.3 Å². The van der Waals surface area contributed by atoms with Gasteiger partial charge >= 0.3 is 0 Å². The van der Waals surface area contributed by atoms with Crippen LogP contribution in [0.1, 0.15) is 24.0 Å². The summed E-state index contributed by atoms with van der Waals surface area (Å²) in [5, 5.41) is 18.2. The van der Waals surface area contributed by atoms with Gasteiger partial charge in [-0.2, -0.15) is 11.3 Å². The summed E-state index contributed by atoms with van der Waals surface area (Å²) in [5.74, 6) is 1.01. The predicted molar refractivity (Wildman–Crippen MR) is 105 cm³/mol. The molecule has 0 radical (unpaired) electrons. The van der Waals surface area contributed by atoms with E-state index in [-0.39, 0.29) is 12.5 Å². The van der Waals surface area contributed by atoms with Gasteiger partial charge in [0.1, 0.15) is 0 Å². The van der Waals surface area contributed by atoms with Crippen molar-refractivity contribution >= 4 is 17.2 Å². The maximum absolute atomic E-state index is 13.0. The second kappa shape index (κ2) is 8.73. The molecule has 2 aromatic rings. The van der Waals surface area contributed by atoms with Crippen molar-refractivity contribution in [3.63, 3.8) is 0 Å². The number of benzene rings is 1. The number of methoxy groups -OCH3 is 2. The Hall–Kier alpha value is -2.09. The van der Waals surface area contributed by atoms with Gasteiger partial charge in [0.2, 0.25) is 0 Å². The Balaban J connectivity index is 1.67. The van der Waals surface area contributed by atoms with Crippen LogP contribution in [-0.2, 0) is 17.9 Å². The molecule has 0 aliphatic carbocycles. The van der Waals surface area contributed by atoms with E-state index in [1.807, 2.05) is 29.6 Å². The molecule has 1 saturated heterocycles. The Morgan fingerprint density at radius 3 is 2.85 bits per heavy atom. The van der Waals surface area contributed by atoms with Crippen molar-refractivity contribution in [2.45, 2.75) is 31.5 Å². The molecule has 1 amide bonds. The third-order valence-electron chi connectivity index (χ3n) is 4.88. The molecule has 2 N–H and O–H groups in total. The standard InChI is InChI=1S/C20H26N2O4S/c1-25-17-6-3-5-16(18(17)26-2)12-22-9-4-8-20(24,19(22)23)14-21-11-15-7-10-27-13-15/h3,5-7,10,13,21,24H,4,8-9,11-12,14H2,1-2H3/t20-/m0/s1. The van der Waals surface area contributed by atoms with Crippen LogP contribution in [0.4, 0.5) is 0 Å². The van der Waals surface area contributed by atoms with Crippen LogP contribution in [-0.4, -0.2) is 48.8 Å². The van der Waals surface area contributed by atoms with Gasteiger partial charge in [-0.05, 0) is 41.3 Å². The average molecular weight is 391 g/mol. The summed E-state index contributed by atoms with van der Waals surface area (Å²) < 4.78 is 10.8. The number of carbonyl (C=O) groups is 1. The fourth-order valence-electron chi connectivity index (χ4n) is 3.47. The number of para-hydroxylation sites is 1.